The maximum atomic E-state index is 4.97. The lowest BCUT2D eigenvalue weighted by Crippen LogP contribution is -1.98. The molecular weight excluding hydrogens is 210 g/mol. The van der Waals surface area contributed by atoms with Crippen LogP contribution in [-0.4, -0.2) is 9.36 Å². The Labute approximate surface area is 92.5 Å². The summed E-state index contributed by atoms with van der Waals surface area (Å²) in [5.41, 5.74) is 1.11. The molecule has 15 heavy (non-hydrogen) atoms. The Morgan fingerprint density at radius 3 is 3.00 bits per heavy atom. The molecule has 0 saturated carbocycles. The van der Waals surface area contributed by atoms with Crippen molar-refractivity contribution in [2.45, 2.75) is 26.3 Å². The molecule has 0 fully saturated rings. The minimum atomic E-state index is 0.380. The molecule has 1 N–H and O–H groups in total. The van der Waals surface area contributed by atoms with Crippen LogP contribution in [0.2, 0.25) is 0 Å². The summed E-state index contributed by atoms with van der Waals surface area (Å²) in [5, 5.41) is 4.07. The van der Waals surface area contributed by atoms with Crippen LogP contribution < -0.4 is 5.32 Å². The van der Waals surface area contributed by atoms with Crippen molar-refractivity contribution in [1.82, 2.24) is 9.36 Å². The molecule has 4 nitrogen and oxygen atoms in total. The van der Waals surface area contributed by atoms with Crippen LogP contribution in [0.15, 0.2) is 23.0 Å². The van der Waals surface area contributed by atoms with Crippen molar-refractivity contribution in [1.29, 1.82) is 0 Å². The van der Waals surface area contributed by atoms with Crippen molar-refractivity contribution in [3.8, 4) is 0 Å². The highest BCUT2D eigenvalue weighted by molar-refractivity contribution is 7.09. The van der Waals surface area contributed by atoms with Gasteiger partial charge in [0.25, 0.3) is 0 Å². The van der Waals surface area contributed by atoms with E-state index in [2.05, 4.69) is 28.5 Å². The van der Waals surface area contributed by atoms with Gasteiger partial charge in [0.2, 0.25) is 5.13 Å². The molecule has 5 heteroatoms. The molecule has 0 aliphatic carbocycles. The van der Waals surface area contributed by atoms with Gasteiger partial charge in [0.15, 0.2) is 0 Å². The van der Waals surface area contributed by atoms with Gasteiger partial charge in [0.05, 0.1) is 12.5 Å². The third kappa shape index (κ3) is 2.56. The molecule has 0 bridgehead atoms. The minimum Gasteiger partial charge on any atom is -0.472 e. The molecule has 0 spiro atoms. The number of rotatable bonds is 4. The van der Waals surface area contributed by atoms with Crippen molar-refractivity contribution >= 4 is 16.7 Å². The van der Waals surface area contributed by atoms with Gasteiger partial charge in [-0.3, -0.25) is 0 Å². The number of aromatic nitrogens is 2. The third-order valence-corrected chi connectivity index (χ3v) is 2.67. The fourth-order valence-corrected chi connectivity index (χ4v) is 1.81. The lowest BCUT2D eigenvalue weighted by Gasteiger charge is -1.98. The second kappa shape index (κ2) is 4.44. The topological polar surface area (TPSA) is 51.0 Å². The van der Waals surface area contributed by atoms with Gasteiger partial charge in [-0.25, -0.2) is 4.98 Å². The van der Waals surface area contributed by atoms with Crippen molar-refractivity contribution < 1.29 is 4.42 Å². The van der Waals surface area contributed by atoms with Crippen molar-refractivity contribution in [2.24, 2.45) is 0 Å². The number of hydrogen-bond acceptors (Lipinski definition) is 5. The van der Waals surface area contributed by atoms with Gasteiger partial charge in [0, 0.05) is 29.6 Å². The minimum absolute atomic E-state index is 0.380. The number of nitrogens with one attached hydrogen (secondary N) is 1. The van der Waals surface area contributed by atoms with Crippen molar-refractivity contribution in [3.63, 3.8) is 0 Å². The van der Waals surface area contributed by atoms with E-state index in [0.717, 1.165) is 23.1 Å². The summed E-state index contributed by atoms with van der Waals surface area (Å²) >= 11 is 1.40. The average molecular weight is 223 g/mol. The van der Waals surface area contributed by atoms with Gasteiger partial charge in [-0.2, -0.15) is 4.37 Å². The van der Waals surface area contributed by atoms with Crippen LogP contribution in [0.1, 0.15) is 31.2 Å². The Morgan fingerprint density at radius 2 is 2.40 bits per heavy atom. The quantitative estimate of drug-likeness (QED) is 0.866. The van der Waals surface area contributed by atoms with Gasteiger partial charge < -0.3 is 9.73 Å². The number of furan rings is 1. The van der Waals surface area contributed by atoms with Gasteiger partial charge in [0.1, 0.15) is 5.82 Å². The van der Waals surface area contributed by atoms with E-state index in [9.17, 15) is 0 Å². The van der Waals surface area contributed by atoms with Gasteiger partial charge >= 0.3 is 0 Å². The second-order valence-electron chi connectivity index (χ2n) is 3.60. The zero-order chi connectivity index (χ0) is 10.7. The molecule has 0 aromatic carbocycles. The van der Waals surface area contributed by atoms with Crippen LogP contribution >= 0.6 is 11.5 Å². The van der Waals surface area contributed by atoms with E-state index in [0.29, 0.717) is 5.92 Å². The van der Waals surface area contributed by atoms with Gasteiger partial charge in [-0.05, 0) is 6.07 Å². The molecule has 0 atom stereocenters. The van der Waals surface area contributed by atoms with Crippen LogP contribution in [0.5, 0.6) is 0 Å². The Kier molecular flexibility index (Phi) is 3.01. The van der Waals surface area contributed by atoms with Crippen molar-refractivity contribution in [2.75, 3.05) is 5.32 Å². The van der Waals surface area contributed by atoms with E-state index >= 15 is 0 Å². The standard InChI is InChI=1S/C10H13N3OS/c1-7(2)9-12-10(15-13-9)11-5-8-3-4-14-6-8/h3-4,6-7H,5H2,1-2H3,(H,11,12,13). The normalized spacial score (nSPS) is 10.9. The molecule has 80 valence electrons. The average Bonchev–Trinajstić information content (AvgIpc) is 2.86. The maximum Gasteiger partial charge on any atom is 0.202 e. The highest BCUT2D eigenvalue weighted by Gasteiger charge is 2.06. The first-order valence-corrected chi connectivity index (χ1v) is 5.61. The van der Waals surface area contributed by atoms with Crippen LogP contribution in [0.4, 0.5) is 5.13 Å². The number of nitrogens with zero attached hydrogens (tertiary/aromatic N) is 2. The third-order valence-electron chi connectivity index (χ3n) is 1.98. The highest BCUT2D eigenvalue weighted by atomic mass is 32.1. The molecule has 2 aromatic rings. The molecule has 0 aliphatic rings. The fourth-order valence-electron chi connectivity index (χ4n) is 1.11. The van der Waals surface area contributed by atoms with E-state index in [4.69, 9.17) is 4.42 Å². The van der Waals surface area contributed by atoms with Crippen LogP contribution in [0.3, 0.4) is 0 Å². The molecular formula is C10H13N3OS. The Morgan fingerprint density at radius 1 is 1.53 bits per heavy atom. The number of anilines is 1. The molecule has 0 aliphatic heterocycles. The summed E-state index contributed by atoms with van der Waals surface area (Å²) in [4.78, 5) is 4.37. The Balaban J connectivity index is 1.94. The largest absolute Gasteiger partial charge is 0.472 e. The molecule has 2 rings (SSSR count). The first kappa shape index (κ1) is 10.2. The van der Waals surface area contributed by atoms with E-state index in [1.807, 2.05) is 6.07 Å². The summed E-state index contributed by atoms with van der Waals surface area (Å²) in [7, 11) is 0. The zero-order valence-electron chi connectivity index (χ0n) is 8.73. The molecule has 0 radical (unpaired) electrons. The maximum absolute atomic E-state index is 4.97. The summed E-state index contributed by atoms with van der Waals surface area (Å²) < 4.78 is 9.23. The first-order valence-electron chi connectivity index (χ1n) is 4.84. The lowest BCUT2D eigenvalue weighted by atomic mass is 10.2. The smallest absolute Gasteiger partial charge is 0.202 e. The molecule has 0 amide bonds. The highest BCUT2D eigenvalue weighted by Crippen LogP contribution is 2.17. The van der Waals surface area contributed by atoms with E-state index in [-0.39, 0.29) is 0 Å². The number of hydrogen-bond donors (Lipinski definition) is 1. The van der Waals surface area contributed by atoms with E-state index in [1.165, 1.54) is 11.5 Å². The van der Waals surface area contributed by atoms with E-state index in [1.54, 1.807) is 12.5 Å². The predicted molar refractivity (Wildman–Crippen MR) is 60.0 cm³/mol. The van der Waals surface area contributed by atoms with Gasteiger partial charge in [-0.1, -0.05) is 13.8 Å². The summed E-state index contributed by atoms with van der Waals surface area (Å²) in [6.07, 6.45) is 3.38. The summed E-state index contributed by atoms with van der Waals surface area (Å²) in [5.74, 6) is 1.28. The second-order valence-corrected chi connectivity index (χ2v) is 4.35. The summed E-state index contributed by atoms with van der Waals surface area (Å²) in [6, 6.07) is 1.93. The predicted octanol–water partition coefficient (Wildman–Crippen LogP) is 2.87. The first-order chi connectivity index (χ1) is 7.25. The summed E-state index contributed by atoms with van der Waals surface area (Å²) in [6.45, 7) is 4.90. The van der Waals surface area contributed by atoms with Crippen molar-refractivity contribution in [3.05, 3.63) is 30.0 Å². The molecule has 0 saturated heterocycles. The van der Waals surface area contributed by atoms with Crippen LogP contribution in [0, 0.1) is 0 Å². The monoisotopic (exact) mass is 223 g/mol. The van der Waals surface area contributed by atoms with Crippen LogP contribution in [-0.2, 0) is 6.54 Å². The Hall–Kier alpha value is -1.36. The SMILES string of the molecule is CC(C)c1nsc(NCc2ccoc2)n1. The van der Waals surface area contributed by atoms with Gasteiger partial charge in [-0.15, -0.1) is 0 Å². The Bertz CT molecular complexity index is 408. The molecule has 2 heterocycles. The van der Waals surface area contributed by atoms with E-state index < -0.39 is 0 Å². The fraction of sp³-hybridized carbons (Fsp3) is 0.400. The lowest BCUT2D eigenvalue weighted by molar-refractivity contribution is 0.564. The molecule has 2 aromatic heterocycles. The zero-order valence-corrected chi connectivity index (χ0v) is 9.54. The van der Waals surface area contributed by atoms with Crippen LogP contribution in [0.25, 0.3) is 0 Å². The molecule has 0 unspecified atom stereocenters.